The molecule has 2 aromatic heterocycles. The number of benzene rings is 2. The van der Waals surface area contributed by atoms with Gasteiger partial charge in [0.15, 0.2) is 17.1 Å². The first-order valence-corrected chi connectivity index (χ1v) is 11.1. The SMILES string of the molecule is COc1ccc(-c2cnn3c(SCC(=O)Nc4ccc(F)cc4C)cc(C)nc23)cc1OC. The number of ether oxygens (including phenoxy) is 2. The van der Waals surface area contributed by atoms with E-state index < -0.39 is 0 Å². The Hall–Kier alpha value is -3.59. The number of nitrogens with one attached hydrogen (secondary N) is 1. The van der Waals surface area contributed by atoms with Crippen molar-refractivity contribution >= 4 is 29.0 Å². The summed E-state index contributed by atoms with van der Waals surface area (Å²) in [6.07, 6.45) is 1.75. The maximum absolute atomic E-state index is 13.3. The number of anilines is 1. The molecular formula is C24H23FN4O3S. The first-order chi connectivity index (χ1) is 15.9. The molecule has 0 spiro atoms. The topological polar surface area (TPSA) is 77.8 Å². The van der Waals surface area contributed by atoms with E-state index in [-0.39, 0.29) is 17.5 Å². The summed E-state index contributed by atoms with van der Waals surface area (Å²) in [5, 5.41) is 8.12. The van der Waals surface area contributed by atoms with Gasteiger partial charge in [0, 0.05) is 16.9 Å². The Morgan fingerprint density at radius 1 is 1.09 bits per heavy atom. The number of carbonyl (C=O) groups excluding carboxylic acids is 1. The predicted molar refractivity (Wildman–Crippen MR) is 127 cm³/mol. The second kappa shape index (κ2) is 9.50. The number of thioether (sulfide) groups is 1. The van der Waals surface area contributed by atoms with Gasteiger partial charge in [0.1, 0.15) is 10.8 Å². The van der Waals surface area contributed by atoms with E-state index in [9.17, 15) is 9.18 Å². The van der Waals surface area contributed by atoms with Crippen LogP contribution in [-0.4, -0.2) is 40.5 Å². The fourth-order valence-corrected chi connectivity index (χ4v) is 4.31. The Morgan fingerprint density at radius 2 is 1.88 bits per heavy atom. The number of carbonyl (C=O) groups is 1. The second-order valence-electron chi connectivity index (χ2n) is 7.40. The third-order valence-corrected chi connectivity index (χ3v) is 6.07. The van der Waals surface area contributed by atoms with Crippen molar-refractivity contribution in [3.05, 3.63) is 65.7 Å². The lowest BCUT2D eigenvalue weighted by Crippen LogP contribution is -2.15. The van der Waals surface area contributed by atoms with E-state index in [1.807, 2.05) is 31.2 Å². The Bertz CT molecular complexity index is 1340. The Labute approximate surface area is 194 Å². The van der Waals surface area contributed by atoms with Gasteiger partial charge in [0.2, 0.25) is 5.91 Å². The van der Waals surface area contributed by atoms with Crippen LogP contribution in [0, 0.1) is 19.7 Å². The number of nitrogens with zero attached hydrogens (tertiary/aromatic N) is 3. The molecule has 0 saturated heterocycles. The van der Waals surface area contributed by atoms with Crippen LogP contribution in [0.25, 0.3) is 16.8 Å². The molecule has 1 amide bonds. The summed E-state index contributed by atoms with van der Waals surface area (Å²) in [6, 6.07) is 11.8. The molecular weight excluding hydrogens is 443 g/mol. The predicted octanol–water partition coefficient (Wildman–Crippen LogP) is 4.90. The molecule has 33 heavy (non-hydrogen) atoms. The minimum atomic E-state index is -0.335. The van der Waals surface area contributed by atoms with E-state index in [4.69, 9.17) is 9.47 Å². The minimum Gasteiger partial charge on any atom is -0.493 e. The second-order valence-corrected chi connectivity index (χ2v) is 8.39. The van der Waals surface area contributed by atoms with E-state index in [0.717, 1.165) is 21.8 Å². The van der Waals surface area contributed by atoms with Crippen molar-refractivity contribution in [1.82, 2.24) is 14.6 Å². The molecule has 1 N–H and O–H groups in total. The van der Waals surface area contributed by atoms with Crippen molar-refractivity contribution in [1.29, 1.82) is 0 Å². The van der Waals surface area contributed by atoms with Crippen molar-refractivity contribution in [2.45, 2.75) is 18.9 Å². The van der Waals surface area contributed by atoms with Gasteiger partial charge in [-0.25, -0.2) is 13.9 Å². The molecule has 4 aromatic rings. The van der Waals surface area contributed by atoms with Crippen LogP contribution >= 0.6 is 11.8 Å². The number of aromatic nitrogens is 3. The molecule has 170 valence electrons. The van der Waals surface area contributed by atoms with Gasteiger partial charge in [-0.1, -0.05) is 17.8 Å². The molecule has 7 nitrogen and oxygen atoms in total. The Balaban J connectivity index is 1.58. The molecule has 0 bridgehead atoms. The number of hydrogen-bond acceptors (Lipinski definition) is 6. The molecule has 0 aliphatic rings. The van der Waals surface area contributed by atoms with Gasteiger partial charge in [0.25, 0.3) is 0 Å². The molecule has 0 unspecified atom stereocenters. The molecule has 0 fully saturated rings. The highest BCUT2D eigenvalue weighted by atomic mass is 32.2. The van der Waals surface area contributed by atoms with E-state index >= 15 is 0 Å². The fourth-order valence-electron chi connectivity index (χ4n) is 3.45. The summed E-state index contributed by atoms with van der Waals surface area (Å²) < 4.78 is 25.8. The zero-order valence-corrected chi connectivity index (χ0v) is 19.5. The van der Waals surface area contributed by atoms with Crippen LogP contribution in [0.3, 0.4) is 0 Å². The lowest BCUT2D eigenvalue weighted by atomic mass is 10.1. The molecule has 4 rings (SSSR count). The third-order valence-electron chi connectivity index (χ3n) is 5.08. The van der Waals surface area contributed by atoms with Gasteiger partial charge in [0.05, 0.1) is 26.2 Å². The minimum absolute atomic E-state index is 0.168. The Morgan fingerprint density at radius 3 is 2.61 bits per heavy atom. The van der Waals surface area contributed by atoms with E-state index in [2.05, 4.69) is 15.4 Å². The van der Waals surface area contributed by atoms with Gasteiger partial charge in [-0.3, -0.25) is 4.79 Å². The number of amides is 1. The van der Waals surface area contributed by atoms with Crippen molar-refractivity contribution in [3.8, 4) is 22.6 Å². The van der Waals surface area contributed by atoms with Crippen LogP contribution in [0.2, 0.25) is 0 Å². The largest absolute Gasteiger partial charge is 0.493 e. The van der Waals surface area contributed by atoms with E-state index in [0.29, 0.717) is 28.4 Å². The highest BCUT2D eigenvalue weighted by Gasteiger charge is 2.16. The van der Waals surface area contributed by atoms with Crippen molar-refractivity contribution in [2.24, 2.45) is 0 Å². The summed E-state index contributed by atoms with van der Waals surface area (Å²) in [5.74, 6) is 0.897. The highest BCUT2D eigenvalue weighted by Crippen LogP contribution is 2.34. The van der Waals surface area contributed by atoms with Gasteiger partial charge in [-0.05, 0) is 61.4 Å². The molecule has 0 radical (unpaired) electrons. The molecule has 0 aliphatic heterocycles. The standard InChI is InChI=1S/C24H23FN4O3S/c1-14-9-17(25)6-7-19(14)28-22(30)13-33-23-10-15(2)27-24-18(12-26-29(23)24)16-5-8-20(31-3)21(11-16)32-4/h5-12H,13H2,1-4H3,(H,28,30). The van der Waals surface area contributed by atoms with Gasteiger partial charge < -0.3 is 14.8 Å². The molecule has 2 aromatic carbocycles. The third kappa shape index (κ3) is 4.78. The number of aryl methyl sites for hydroxylation is 2. The van der Waals surface area contributed by atoms with Gasteiger partial charge in [-0.15, -0.1) is 0 Å². The average molecular weight is 467 g/mol. The smallest absolute Gasteiger partial charge is 0.234 e. The molecule has 0 atom stereocenters. The number of hydrogen-bond donors (Lipinski definition) is 1. The number of fused-ring (bicyclic) bond motifs is 1. The molecule has 2 heterocycles. The summed E-state index contributed by atoms with van der Waals surface area (Å²) in [5.41, 5.74) is 4.48. The molecule has 0 aliphatic carbocycles. The maximum atomic E-state index is 13.3. The number of methoxy groups -OCH3 is 2. The van der Waals surface area contributed by atoms with Crippen LogP contribution < -0.4 is 14.8 Å². The highest BCUT2D eigenvalue weighted by molar-refractivity contribution is 7.99. The van der Waals surface area contributed by atoms with Crippen LogP contribution in [0.15, 0.2) is 53.7 Å². The van der Waals surface area contributed by atoms with Crippen molar-refractivity contribution in [3.63, 3.8) is 0 Å². The quantitative estimate of drug-likeness (QED) is 0.308. The number of rotatable bonds is 7. The lowest BCUT2D eigenvalue weighted by molar-refractivity contribution is -0.113. The van der Waals surface area contributed by atoms with Crippen molar-refractivity contribution in [2.75, 3.05) is 25.3 Å². The van der Waals surface area contributed by atoms with E-state index in [1.165, 1.54) is 23.9 Å². The first kappa shape index (κ1) is 22.6. The lowest BCUT2D eigenvalue weighted by Gasteiger charge is -2.10. The van der Waals surface area contributed by atoms with Crippen LogP contribution in [0.1, 0.15) is 11.3 Å². The fraction of sp³-hybridized carbons (Fsp3) is 0.208. The maximum Gasteiger partial charge on any atom is 0.234 e. The van der Waals surface area contributed by atoms with Gasteiger partial charge in [-0.2, -0.15) is 5.10 Å². The summed E-state index contributed by atoms with van der Waals surface area (Å²) >= 11 is 1.35. The van der Waals surface area contributed by atoms with Crippen LogP contribution in [-0.2, 0) is 4.79 Å². The normalized spacial score (nSPS) is 10.9. The van der Waals surface area contributed by atoms with Crippen molar-refractivity contribution < 1.29 is 18.7 Å². The van der Waals surface area contributed by atoms with Crippen LogP contribution in [0.4, 0.5) is 10.1 Å². The summed E-state index contributed by atoms with van der Waals surface area (Å²) in [7, 11) is 3.18. The Kier molecular flexibility index (Phi) is 6.50. The zero-order valence-electron chi connectivity index (χ0n) is 18.7. The first-order valence-electron chi connectivity index (χ1n) is 10.2. The monoisotopic (exact) mass is 466 g/mol. The van der Waals surface area contributed by atoms with E-state index in [1.54, 1.807) is 37.9 Å². The average Bonchev–Trinajstić information content (AvgIpc) is 3.22. The molecule has 0 saturated carbocycles. The zero-order chi connectivity index (χ0) is 23.5. The molecule has 9 heteroatoms. The van der Waals surface area contributed by atoms with Gasteiger partial charge >= 0.3 is 0 Å². The number of halogens is 1. The van der Waals surface area contributed by atoms with Crippen LogP contribution in [0.5, 0.6) is 11.5 Å². The summed E-state index contributed by atoms with van der Waals surface area (Å²) in [6.45, 7) is 3.65. The summed E-state index contributed by atoms with van der Waals surface area (Å²) in [4.78, 5) is 17.2.